The predicted molar refractivity (Wildman–Crippen MR) is 72.6 cm³/mol. The molecule has 2 heterocycles. The van der Waals surface area contributed by atoms with Gasteiger partial charge in [-0.05, 0) is 32.5 Å². The largest absolute Gasteiger partial charge is 0.433 e. The molecule has 1 aromatic rings. The molecule has 0 amide bonds. The quantitative estimate of drug-likeness (QED) is 0.906. The lowest BCUT2D eigenvalue weighted by Gasteiger charge is -2.37. The van der Waals surface area contributed by atoms with Crippen LogP contribution in [0, 0.1) is 0 Å². The molecule has 0 aromatic carbocycles. The molecule has 20 heavy (non-hydrogen) atoms. The number of aromatic nitrogens is 1. The number of likely N-dealkylation sites (tertiary alicyclic amines) is 1. The normalized spacial score (nSPS) is 20.9. The number of anilines is 2. The summed E-state index contributed by atoms with van der Waals surface area (Å²) in [6, 6.07) is 1.20. The molecule has 2 N–H and O–H groups in total. The second kappa shape index (κ2) is 5.47. The Morgan fingerprint density at radius 2 is 2.15 bits per heavy atom. The van der Waals surface area contributed by atoms with E-state index in [4.69, 9.17) is 5.73 Å². The van der Waals surface area contributed by atoms with Gasteiger partial charge in [-0.1, -0.05) is 0 Å². The second-order valence-electron chi connectivity index (χ2n) is 5.30. The highest BCUT2D eigenvalue weighted by Crippen LogP contribution is 2.33. The predicted octanol–water partition coefficient (Wildman–Crippen LogP) is 2.21. The van der Waals surface area contributed by atoms with Crippen molar-refractivity contribution >= 4 is 11.4 Å². The summed E-state index contributed by atoms with van der Waals surface area (Å²) >= 11 is 0. The van der Waals surface area contributed by atoms with Crippen molar-refractivity contribution in [1.29, 1.82) is 0 Å². The lowest BCUT2D eigenvalue weighted by Crippen LogP contribution is -2.45. The number of nitrogen functional groups attached to an aromatic ring is 1. The number of hydrogen-bond acceptors (Lipinski definition) is 4. The summed E-state index contributed by atoms with van der Waals surface area (Å²) in [6.07, 6.45) is -1.39. The molecule has 0 spiro atoms. The molecule has 0 saturated carbocycles. The number of nitrogens with zero attached hydrogens (tertiary/aromatic N) is 3. The third-order valence-electron chi connectivity index (χ3n) is 3.73. The topological polar surface area (TPSA) is 45.4 Å². The van der Waals surface area contributed by atoms with Crippen molar-refractivity contribution < 1.29 is 13.2 Å². The highest BCUT2D eigenvalue weighted by Gasteiger charge is 2.34. The maximum Gasteiger partial charge on any atom is 0.433 e. The molecular formula is C13H19F3N4. The standard InChI is InChI=1S/C13H19F3N4/c1-19-5-3-4-9(8-19)20(2)11-6-12(13(14,15)16)18-7-10(11)17/h6-7,9H,3-5,8,17H2,1-2H3. The zero-order chi connectivity index (χ0) is 14.9. The third kappa shape index (κ3) is 3.15. The number of pyridine rings is 1. The van der Waals surface area contributed by atoms with Gasteiger partial charge in [-0.25, -0.2) is 4.98 Å². The smallest absolute Gasteiger partial charge is 0.396 e. The van der Waals surface area contributed by atoms with Crippen molar-refractivity contribution in [2.45, 2.75) is 25.1 Å². The summed E-state index contributed by atoms with van der Waals surface area (Å²) in [4.78, 5) is 7.37. The van der Waals surface area contributed by atoms with Crippen LogP contribution in [0.1, 0.15) is 18.5 Å². The van der Waals surface area contributed by atoms with Crippen molar-refractivity contribution in [1.82, 2.24) is 9.88 Å². The van der Waals surface area contributed by atoms with Gasteiger partial charge < -0.3 is 15.5 Å². The maximum atomic E-state index is 12.7. The van der Waals surface area contributed by atoms with Gasteiger partial charge in [-0.15, -0.1) is 0 Å². The van der Waals surface area contributed by atoms with Gasteiger partial charge in [-0.2, -0.15) is 13.2 Å². The van der Waals surface area contributed by atoms with Crippen LogP contribution in [0.4, 0.5) is 24.5 Å². The Labute approximate surface area is 116 Å². The molecule has 2 rings (SSSR count). The van der Waals surface area contributed by atoms with Gasteiger partial charge in [0.05, 0.1) is 17.6 Å². The van der Waals surface area contributed by atoms with E-state index in [1.165, 1.54) is 0 Å². The van der Waals surface area contributed by atoms with Crippen LogP contribution in [0.15, 0.2) is 12.3 Å². The number of hydrogen-bond donors (Lipinski definition) is 1. The minimum absolute atomic E-state index is 0.166. The fraction of sp³-hybridized carbons (Fsp3) is 0.615. The Kier molecular flexibility index (Phi) is 4.08. The third-order valence-corrected chi connectivity index (χ3v) is 3.73. The van der Waals surface area contributed by atoms with Crippen LogP contribution in [0.25, 0.3) is 0 Å². The van der Waals surface area contributed by atoms with Gasteiger partial charge in [0.1, 0.15) is 5.69 Å². The van der Waals surface area contributed by atoms with E-state index in [9.17, 15) is 13.2 Å². The Bertz CT molecular complexity index is 475. The van der Waals surface area contributed by atoms with Gasteiger partial charge in [0.25, 0.3) is 0 Å². The molecule has 0 radical (unpaired) electrons. The van der Waals surface area contributed by atoms with Gasteiger partial charge in [0.2, 0.25) is 0 Å². The first-order chi connectivity index (χ1) is 9.29. The monoisotopic (exact) mass is 288 g/mol. The van der Waals surface area contributed by atoms with Crippen LogP contribution < -0.4 is 10.6 Å². The Hall–Kier alpha value is -1.50. The summed E-state index contributed by atoms with van der Waals surface area (Å²) in [5.74, 6) is 0. The van der Waals surface area contributed by atoms with E-state index in [-0.39, 0.29) is 11.7 Å². The fourth-order valence-corrected chi connectivity index (χ4v) is 2.57. The second-order valence-corrected chi connectivity index (χ2v) is 5.30. The maximum absolute atomic E-state index is 12.7. The molecule has 0 aliphatic carbocycles. The van der Waals surface area contributed by atoms with Crippen LogP contribution in [-0.4, -0.2) is 43.1 Å². The van der Waals surface area contributed by atoms with E-state index >= 15 is 0 Å². The number of rotatable bonds is 2. The minimum atomic E-state index is -4.45. The number of nitrogens with two attached hydrogens (primary N) is 1. The number of alkyl halides is 3. The molecule has 1 atom stereocenters. The summed E-state index contributed by atoms with van der Waals surface area (Å²) in [5, 5.41) is 0. The summed E-state index contributed by atoms with van der Waals surface area (Å²) < 4.78 is 38.2. The molecule has 1 unspecified atom stereocenters. The zero-order valence-corrected chi connectivity index (χ0v) is 11.6. The number of piperidine rings is 1. The van der Waals surface area contributed by atoms with E-state index < -0.39 is 11.9 Å². The van der Waals surface area contributed by atoms with Crippen LogP contribution in [-0.2, 0) is 6.18 Å². The molecule has 112 valence electrons. The Balaban J connectivity index is 2.26. The molecule has 4 nitrogen and oxygen atoms in total. The lowest BCUT2D eigenvalue weighted by molar-refractivity contribution is -0.141. The summed E-state index contributed by atoms with van der Waals surface area (Å²) in [5.41, 5.74) is 5.55. The summed E-state index contributed by atoms with van der Waals surface area (Å²) in [6.45, 7) is 1.84. The van der Waals surface area contributed by atoms with E-state index in [0.29, 0.717) is 5.69 Å². The van der Waals surface area contributed by atoms with Crippen LogP contribution >= 0.6 is 0 Å². The average molecular weight is 288 g/mol. The van der Waals surface area contributed by atoms with E-state index in [1.807, 2.05) is 11.9 Å². The first-order valence-corrected chi connectivity index (χ1v) is 6.53. The first kappa shape index (κ1) is 14.9. The van der Waals surface area contributed by atoms with Crippen LogP contribution in [0.5, 0.6) is 0 Å². The summed E-state index contributed by atoms with van der Waals surface area (Å²) in [7, 11) is 3.80. The van der Waals surface area contributed by atoms with Crippen molar-refractivity contribution in [3.05, 3.63) is 18.0 Å². The Morgan fingerprint density at radius 1 is 1.45 bits per heavy atom. The lowest BCUT2D eigenvalue weighted by atomic mass is 10.0. The highest BCUT2D eigenvalue weighted by molar-refractivity contribution is 5.67. The van der Waals surface area contributed by atoms with Gasteiger partial charge in [-0.3, -0.25) is 0 Å². The van der Waals surface area contributed by atoms with Crippen LogP contribution in [0.3, 0.4) is 0 Å². The number of likely N-dealkylation sites (N-methyl/N-ethyl adjacent to an activating group) is 2. The van der Waals surface area contributed by atoms with Crippen molar-refractivity contribution in [3.8, 4) is 0 Å². The van der Waals surface area contributed by atoms with Gasteiger partial charge in [0, 0.05) is 19.6 Å². The van der Waals surface area contributed by atoms with Crippen molar-refractivity contribution in [2.24, 2.45) is 0 Å². The fourth-order valence-electron chi connectivity index (χ4n) is 2.57. The average Bonchev–Trinajstić information content (AvgIpc) is 2.37. The Morgan fingerprint density at radius 3 is 2.75 bits per heavy atom. The van der Waals surface area contributed by atoms with Crippen molar-refractivity contribution in [2.75, 3.05) is 37.8 Å². The van der Waals surface area contributed by atoms with Crippen LogP contribution in [0.2, 0.25) is 0 Å². The van der Waals surface area contributed by atoms with E-state index in [1.54, 1.807) is 7.05 Å². The molecule has 1 aliphatic rings. The SMILES string of the molecule is CN1CCCC(N(C)c2cc(C(F)(F)F)ncc2N)C1. The molecule has 1 fully saturated rings. The molecule has 1 saturated heterocycles. The molecule has 0 bridgehead atoms. The first-order valence-electron chi connectivity index (χ1n) is 6.53. The molecular weight excluding hydrogens is 269 g/mol. The van der Waals surface area contributed by atoms with Crippen molar-refractivity contribution in [3.63, 3.8) is 0 Å². The van der Waals surface area contributed by atoms with Gasteiger partial charge in [0.15, 0.2) is 0 Å². The van der Waals surface area contributed by atoms with E-state index in [2.05, 4.69) is 9.88 Å². The minimum Gasteiger partial charge on any atom is -0.396 e. The zero-order valence-electron chi connectivity index (χ0n) is 11.6. The molecule has 7 heteroatoms. The van der Waals surface area contributed by atoms with E-state index in [0.717, 1.165) is 38.2 Å². The molecule has 1 aliphatic heterocycles. The van der Waals surface area contributed by atoms with Gasteiger partial charge >= 0.3 is 6.18 Å². The highest BCUT2D eigenvalue weighted by atomic mass is 19.4. The number of halogens is 3. The molecule has 1 aromatic heterocycles.